The second kappa shape index (κ2) is 12.5. The third-order valence-corrected chi connectivity index (χ3v) is 5.01. The topological polar surface area (TPSA) is 35.5 Å². The van der Waals surface area contributed by atoms with E-state index in [2.05, 4.69) is 39.0 Å². The van der Waals surface area contributed by atoms with E-state index in [9.17, 15) is 4.79 Å². The fourth-order valence-electron chi connectivity index (χ4n) is 3.42. The zero-order valence-corrected chi connectivity index (χ0v) is 19.5. The molecule has 0 N–H and O–H groups in total. The van der Waals surface area contributed by atoms with Gasteiger partial charge in [-0.1, -0.05) is 57.9 Å². The molecule has 0 radical (unpaired) electrons. The van der Waals surface area contributed by atoms with Crippen LogP contribution in [0.5, 0.6) is 5.75 Å². The summed E-state index contributed by atoms with van der Waals surface area (Å²) in [7, 11) is 1.70. The molecule has 0 bridgehead atoms. The van der Waals surface area contributed by atoms with Crippen molar-refractivity contribution in [3.63, 3.8) is 0 Å². The maximum absolute atomic E-state index is 11.6. The normalized spacial score (nSPS) is 13.7. The Hall–Kier alpha value is -2.03. The lowest BCUT2D eigenvalue weighted by Crippen LogP contribution is -2.15. The summed E-state index contributed by atoms with van der Waals surface area (Å²) < 4.78 is 10.4. The minimum Gasteiger partial charge on any atom is -0.497 e. The van der Waals surface area contributed by atoms with Gasteiger partial charge in [0.05, 0.1) is 13.2 Å². The summed E-state index contributed by atoms with van der Waals surface area (Å²) in [5.74, 6) is 1.28. The van der Waals surface area contributed by atoms with Crippen molar-refractivity contribution < 1.29 is 14.3 Å². The molecule has 0 amide bonds. The molecule has 0 aliphatic carbocycles. The Bertz CT molecular complexity index is 666. The number of carbonyl (C=O) groups excluding carboxylic acids is 1. The van der Waals surface area contributed by atoms with Gasteiger partial charge in [-0.3, -0.25) is 0 Å². The third-order valence-electron chi connectivity index (χ3n) is 5.01. The molecule has 0 aliphatic heterocycles. The van der Waals surface area contributed by atoms with E-state index in [0.29, 0.717) is 11.3 Å². The predicted molar refractivity (Wildman–Crippen MR) is 122 cm³/mol. The summed E-state index contributed by atoms with van der Waals surface area (Å²) in [6, 6.07) is 8.42. The van der Waals surface area contributed by atoms with E-state index in [0.717, 1.165) is 24.2 Å². The minimum absolute atomic E-state index is 0.0791. The highest BCUT2D eigenvalue weighted by molar-refractivity contribution is 5.83. The molecule has 1 atom stereocenters. The van der Waals surface area contributed by atoms with Crippen LogP contribution in [-0.2, 0) is 16.0 Å². The highest BCUT2D eigenvalue weighted by Gasteiger charge is 2.18. The molecule has 0 fully saturated rings. The highest BCUT2D eigenvalue weighted by atomic mass is 16.5. The number of hydrogen-bond donors (Lipinski definition) is 0. The second-order valence-electron chi connectivity index (χ2n) is 9.20. The molecule has 1 aromatic carbocycles. The first-order valence-corrected chi connectivity index (χ1v) is 10.8. The number of hydrogen-bond acceptors (Lipinski definition) is 3. The van der Waals surface area contributed by atoms with E-state index >= 15 is 0 Å². The Kier molecular flexibility index (Phi) is 10.8. The first-order valence-electron chi connectivity index (χ1n) is 10.8. The standard InChI is InChI=1S/C26H40O3/c1-20(2)29-25(27)18-22(4)11-8-10-21(3)12-9-17-26(5,6)19-23-13-15-24(28-7)16-14-23/h8,11,13-16,18,20-21H,9-10,12,17,19H2,1-7H3. The van der Waals surface area contributed by atoms with E-state index in [4.69, 9.17) is 9.47 Å². The smallest absolute Gasteiger partial charge is 0.331 e. The van der Waals surface area contributed by atoms with Crippen molar-refractivity contribution in [1.29, 1.82) is 0 Å². The highest BCUT2D eigenvalue weighted by Crippen LogP contribution is 2.30. The summed E-state index contributed by atoms with van der Waals surface area (Å²) >= 11 is 0. The van der Waals surface area contributed by atoms with Gasteiger partial charge in [-0.15, -0.1) is 0 Å². The number of esters is 1. The molecule has 0 aliphatic rings. The third kappa shape index (κ3) is 11.5. The Morgan fingerprint density at radius 1 is 1.14 bits per heavy atom. The van der Waals surface area contributed by atoms with E-state index in [1.54, 1.807) is 13.2 Å². The molecule has 3 nitrogen and oxygen atoms in total. The quantitative estimate of drug-likeness (QED) is 0.217. The van der Waals surface area contributed by atoms with Crippen molar-refractivity contribution in [2.45, 2.75) is 79.8 Å². The summed E-state index contributed by atoms with van der Waals surface area (Å²) in [6.45, 7) is 12.7. The summed E-state index contributed by atoms with van der Waals surface area (Å²) in [5, 5.41) is 0. The van der Waals surface area contributed by atoms with Crippen molar-refractivity contribution >= 4 is 5.97 Å². The Morgan fingerprint density at radius 2 is 1.79 bits per heavy atom. The minimum atomic E-state index is -0.269. The van der Waals surface area contributed by atoms with Gasteiger partial charge >= 0.3 is 5.97 Å². The van der Waals surface area contributed by atoms with Crippen LogP contribution in [0.1, 0.15) is 72.8 Å². The van der Waals surface area contributed by atoms with Gasteiger partial charge in [-0.25, -0.2) is 4.79 Å². The number of carbonyl (C=O) groups is 1. The van der Waals surface area contributed by atoms with E-state index < -0.39 is 0 Å². The van der Waals surface area contributed by atoms with Gasteiger partial charge in [0.2, 0.25) is 0 Å². The molecule has 0 saturated carbocycles. The van der Waals surface area contributed by atoms with Crippen LogP contribution in [0.4, 0.5) is 0 Å². The van der Waals surface area contributed by atoms with Gasteiger partial charge in [-0.2, -0.15) is 0 Å². The number of allylic oxidation sites excluding steroid dienone is 3. The average Bonchev–Trinajstić information content (AvgIpc) is 2.61. The zero-order chi connectivity index (χ0) is 21.9. The lowest BCUT2D eigenvalue weighted by Gasteiger charge is -2.25. The molecular weight excluding hydrogens is 360 g/mol. The number of ether oxygens (including phenoxy) is 2. The van der Waals surface area contributed by atoms with Crippen LogP contribution in [0.2, 0.25) is 0 Å². The van der Waals surface area contributed by atoms with E-state index in [1.807, 2.05) is 39.0 Å². The SMILES string of the molecule is COc1ccc(CC(C)(C)CCCC(C)CC=CC(C)=CC(=O)OC(C)C)cc1. The molecule has 1 aromatic rings. The van der Waals surface area contributed by atoms with Crippen LogP contribution in [0.25, 0.3) is 0 Å². The predicted octanol–water partition coefficient (Wildman–Crippen LogP) is 6.91. The number of benzene rings is 1. The summed E-state index contributed by atoms with van der Waals surface area (Å²) in [6.07, 6.45) is 11.4. The molecule has 3 heteroatoms. The maximum atomic E-state index is 11.6. The van der Waals surface area contributed by atoms with Crippen LogP contribution in [0, 0.1) is 11.3 Å². The van der Waals surface area contributed by atoms with Crippen molar-refractivity contribution in [1.82, 2.24) is 0 Å². The van der Waals surface area contributed by atoms with Gasteiger partial charge in [-0.05, 0) is 74.6 Å². The van der Waals surface area contributed by atoms with Gasteiger partial charge < -0.3 is 9.47 Å². The number of methoxy groups -OCH3 is 1. The van der Waals surface area contributed by atoms with Gasteiger partial charge in [0.25, 0.3) is 0 Å². The molecule has 1 unspecified atom stereocenters. The Labute approximate surface area is 178 Å². The van der Waals surface area contributed by atoms with Crippen LogP contribution < -0.4 is 4.74 Å². The Morgan fingerprint density at radius 3 is 2.38 bits per heavy atom. The molecule has 0 heterocycles. The first kappa shape index (κ1) is 25.0. The lowest BCUT2D eigenvalue weighted by atomic mass is 9.80. The molecule has 1 rings (SSSR count). The van der Waals surface area contributed by atoms with Crippen molar-refractivity contribution in [2.24, 2.45) is 11.3 Å². The molecule has 0 saturated heterocycles. The van der Waals surface area contributed by atoms with E-state index in [-0.39, 0.29) is 12.1 Å². The van der Waals surface area contributed by atoms with Crippen LogP contribution in [0.15, 0.2) is 48.1 Å². The van der Waals surface area contributed by atoms with Crippen molar-refractivity contribution in [2.75, 3.05) is 7.11 Å². The second-order valence-corrected chi connectivity index (χ2v) is 9.20. The largest absolute Gasteiger partial charge is 0.497 e. The fourth-order valence-corrected chi connectivity index (χ4v) is 3.42. The monoisotopic (exact) mass is 400 g/mol. The van der Waals surface area contributed by atoms with Crippen molar-refractivity contribution in [3.8, 4) is 5.75 Å². The molecular formula is C26H40O3. The van der Waals surface area contributed by atoms with Gasteiger partial charge in [0, 0.05) is 6.08 Å². The van der Waals surface area contributed by atoms with Crippen LogP contribution in [-0.4, -0.2) is 19.2 Å². The van der Waals surface area contributed by atoms with Gasteiger partial charge in [0.15, 0.2) is 0 Å². The van der Waals surface area contributed by atoms with Crippen molar-refractivity contribution in [3.05, 3.63) is 53.6 Å². The fraction of sp³-hybridized carbons (Fsp3) is 0.577. The maximum Gasteiger partial charge on any atom is 0.331 e. The zero-order valence-electron chi connectivity index (χ0n) is 19.5. The lowest BCUT2D eigenvalue weighted by molar-refractivity contribution is -0.141. The number of rotatable bonds is 12. The molecule has 162 valence electrons. The molecule has 0 aromatic heterocycles. The van der Waals surface area contributed by atoms with Crippen LogP contribution in [0.3, 0.4) is 0 Å². The summed E-state index contributed by atoms with van der Waals surface area (Å²) in [4.78, 5) is 11.6. The molecule has 0 spiro atoms. The van der Waals surface area contributed by atoms with Crippen LogP contribution >= 0.6 is 0 Å². The first-order chi connectivity index (χ1) is 13.6. The Balaban J connectivity index is 2.35. The van der Waals surface area contributed by atoms with Gasteiger partial charge in [0.1, 0.15) is 5.75 Å². The summed E-state index contributed by atoms with van der Waals surface area (Å²) in [5.41, 5.74) is 2.59. The van der Waals surface area contributed by atoms with E-state index in [1.165, 1.54) is 24.8 Å². The average molecular weight is 401 g/mol. The molecule has 29 heavy (non-hydrogen) atoms.